The van der Waals surface area contributed by atoms with Gasteiger partial charge in [-0.3, -0.25) is 4.79 Å². The number of hydrogen-bond acceptors (Lipinski definition) is 2. The lowest BCUT2D eigenvalue weighted by Crippen LogP contribution is -2.32. The Kier molecular flexibility index (Phi) is 4.60. The summed E-state index contributed by atoms with van der Waals surface area (Å²) in [7, 11) is 0. The molecule has 2 rings (SSSR count). The van der Waals surface area contributed by atoms with E-state index in [1.165, 1.54) is 12.1 Å². The maximum Gasteiger partial charge on any atom is 0.242 e. The van der Waals surface area contributed by atoms with E-state index in [-0.39, 0.29) is 17.6 Å². The molecule has 0 aliphatic rings. The monoisotopic (exact) mass is 297 g/mol. The van der Waals surface area contributed by atoms with Crippen molar-refractivity contribution in [2.75, 3.05) is 6.54 Å². The van der Waals surface area contributed by atoms with E-state index in [1.807, 2.05) is 6.92 Å². The van der Waals surface area contributed by atoms with Gasteiger partial charge < -0.3 is 9.88 Å². The molecule has 0 radical (unpaired) electrons. The van der Waals surface area contributed by atoms with Crippen molar-refractivity contribution in [1.29, 1.82) is 0 Å². The lowest BCUT2D eigenvalue weighted by molar-refractivity contribution is -0.123. The molecule has 0 bridgehead atoms. The van der Waals surface area contributed by atoms with Crippen molar-refractivity contribution >= 4 is 28.5 Å². The van der Waals surface area contributed by atoms with Crippen molar-refractivity contribution in [2.24, 2.45) is 0 Å². The molecule has 0 fully saturated rings. The molecule has 1 aromatic heterocycles. The van der Waals surface area contributed by atoms with Gasteiger partial charge in [-0.25, -0.2) is 9.37 Å². The van der Waals surface area contributed by atoms with Crippen molar-refractivity contribution in [3.05, 3.63) is 29.8 Å². The molecule has 0 aliphatic heterocycles. The minimum absolute atomic E-state index is 0.0955. The normalized spacial score (nSPS) is 12.6. The number of carbonyl (C=O) groups excluding carboxylic acids is 1. The Morgan fingerprint density at radius 3 is 2.95 bits per heavy atom. The number of nitrogens with zero attached hydrogens (tertiary/aromatic N) is 2. The van der Waals surface area contributed by atoms with Crippen LogP contribution in [0.15, 0.2) is 18.2 Å². The van der Waals surface area contributed by atoms with Crippen molar-refractivity contribution in [2.45, 2.75) is 32.2 Å². The van der Waals surface area contributed by atoms with E-state index in [0.717, 1.165) is 6.42 Å². The SMILES string of the molecule is CCCNC(=O)C(C)n1c(CCl)nc2cc(F)ccc21. The Morgan fingerprint density at radius 1 is 1.55 bits per heavy atom. The van der Waals surface area contributed by atoms with Crippen LogP contribution in [0.2, 0.25) is 0 Å². The summed E-state index contributed by atoms with van der Waals surface area (Å²) in [5, 5.41) is 2.84. The summed E-state index contributed by atoms with van der Waals surface area (Å²) >= 11 is 5.89. The van der Waals surface area contributed by atoms with Gasteiger partial charge in [0, 0.05) is 12.6 Å². The number of rotatable bonds is 5. The zero-order chi connectivity index (χ0) is 14.7. The van der Waals surface area contributed by atoms with E-state index >= 15 is 0 Å². The van der Waals surface area contributed by atoms with Gasteiger partial charge >= 0.3 is 0 Å². The summed E-state index contributed by atoms with van der Waals surface area (Å²) in [5.41, 5.74) is 1.22. The van der Waals surface area contributed by atoms with Gasteiger partial charge in [-0.15, -0.1) is 11.6 Å². The molecule has 1 unspecified atom stereocenters. The van der Waals surface area contributed by atoms with Gasteiger partial charge in [-0.1, -0.05) is 6.92 Å². The topological polar surface area (TPSA) is 46.9 Å². The maximum absolute atomic E-state index is 13.2. The Bertz CT molecular complexity index is 626. The van der Waals surface area contributed by atoms with Crippen molar-refractivity contribution < 1.29 is 9.18 Å². The third-order valence-corrected chi connectivity index (χ3v) is 3.40. The Hall–Kier alpha value is -1.62. The van der Waals surface area contributed by atoms with E-state index in [4.69, 9.17) is 11.6 Å². The number of alkyl halides is 1. The number of amides is 1. The van der Waals surface area contributed by atoms with E-state index in [1.54, 1.807) is 17.6 Å². The van der Waals surface area contributed by atoms with Crippen LogP contribution in [0.25, 0.3) is 11.0 Å². The number of fused-ring (bicyclic) bond motifs is 1. The van der Waals surface area contributed by atoms with Crippen LogP contribution in [0.5, 0.6) is 0 Å². The summed E-state index contributed by atoms with van der Waals surface area (Å²) < 4.78 is 15.0. The molecule has 0 aliphatic carbocycles. The number of benzene rings is 1. The molecule has 0 saturated carbocycles. The quantitative estimate of drug-likeness (QED) is 0.862. The lowest BCUT2D eigenvalue weighted by Gasteiger charge is -2.16. The highest BCUT2D eigenvalue weighted by Gasteiger charge is 2.20. The minimum atomic E-state index is -0.439. The fraction of sp³-hybridized carbons (Fsp3) is 0.429. The van der Waals surface area contributed by atoms with Gasteiger partial charge in [0.25, 0.3) is 0 Å². The second-order valence-corrected chi connectivity index (χ2v) is 4.90. The van der Waals surface area contributed by atoms with Crippen LogP contribution in [0.4, 0.5) is 4.39 Å². The van der Waals surface area contributed by atoms with Crippen LogP contribution in [-0.4, -0.2) is 22.0 Å². The highest BCUT2D eigenvalue weighted by Crippen LogP contribution is 2.23. The van der Waals surface area contributed by atoms with E-state index in [0.29, 0.717) is 23.4 Å². The van der Waals surface area contributed by atoms with Crippen LogP contribution >= 0.6 is 11.6 Å². The van der Waals surface area contributed by atoms with Gasteiger partial charge in [-0.2, -0.15) is 0 Å². The van der Waals surface area contributed by atoms with Gasteiger partial charge in [0.1, 0.15) is 17.7 Å². The summed E-state index contributed by atoms with van der Waals surface area (Å²) in [6.45, 7) is 4.40. The minimum Gasteiger partial charge on any atom is -0.354 e. The van der Waals surface area contributed by atoms with Crippen LogP contribution in [-0.2, 0) is 10.7 Å². The van der Waals surface area contributed by atoms with Gasteiger partial charge in [0.15, 0.2) is 0 Å². The molecule has 1 atom stereocenters. The van der Waals surface area contributed by atoms with Crippen molar-refractivity contribution in [3.8, 4) is 0 Å². The molecule has 6 heteroatoms. The summed E-state index contributed by atoms with van der Waals surface area (Å²) in [6, 6.07) is 3.89. The van der Waals surface area contributed by atoms with Crippen molar-refractivity contribution in [1.82, 2.24) is 14.9 Å². The lowest BCUT2D eigenvalue weighted by atomic mass is 10.2. The largest absolute Gasteiger partial charge is 0.354 e. The number of aromatic nitrogens is 2. The Balaban J connectivity index is 2.43. The van der Waals surface area contributed by atoms with Crippen molar-refractivity contribution in [3.63, 3.8) is 0 Å². The van der Waals surface area contributed by atoms with Gasteiger partial charge in [0.2, 0.25) is 5.91 Å². The van der Waals surface area contributed by atoms with Crippen LogP contribution in [0, 0.1) is 5.82 Å². The fourth-order valence-corrected chi connectivity index (χ4v) is 2.35. The smallest absolute Gasteiger partial charge is 0.242 e. The van der Waals surface area contributed by atoms with E-state index in [2.05, 4.69) is 10.3 Å². The molecule has 20 heavy (non-hydrogen) atoms. The first-order valence-corrected chi connectivity index (χ1v) is 7.12. The molecule has 0 saturated heterocycles. The van der Waals surface area contributed by atoms with E-state index in [9.17, 15) is 9.18 Å². The number of nitrogens with one attached hydrogen (secondary N) is 1. The van der Waals surface area contributed by atoms with E-state index < -0.39 is 6.04 Å². The highest BCUT2D eigenvalue weighted by molar-refractivity contribution is 6.16. The third kappa shape index (κ3) is 2.77. The molecule has 1 amide bonds. The molecule has 1 N–H and O–H groups in total. The zero-order valence-corrected chi connectivity index (χ0v) is 12.2. The van der Waals surface area contributed by atoms with Crippen LogP contribution < -0.4 is 5.32 Å². The number of carbonyl (C=O) groups is 1. The first-order valence-electron chi connectivity index (χ1n) is 6.58. The molecule has 0 spiro atoms. The Labute approximate surface area is 121 Å². The van der Waals surface area contributed by atoms with Crippen LogP contribution in [0.1, 0.15) is 32.1 Å². The summed E-state index contributed by atoms with van der Waals surface area (Å²) in [5.74, 6) is 0.279. The van der Waals surface area contributed by atoms with Gasteiger partial charge in [0.05, 0.1) is 16.9 Å². The predicted molar refractivity (Wildman–Crippen MR) is 77.3 cm³/mol. The molecule has 4 nitrogen and oxygen atoms in total. The second kappa shape index (κ2) is 6.22. The summed E-state index contributed by atoms with van der Waals surface area (Å²) in [6.07, 6.45) is 0.872. The molecule has 1 aromatic carbocycles. The number of hydrogen-bond donors (Lipinski definition) is 1. The molecular weight excluding hydrogens is 281 g/mol. The molecular formula is C14H17ClFN3O. The second-order valence-electron chi connectivity index (χ2n) is 4.63. The average molecular weight is 298 g/mol. The predicted octanol–water partition coefficient (Wildman–Crippen LogP) is 3.00. The average Bonchev–Trinajstić information content (AvgIpc) is 2.81. The molecule has 1 heterocycles. The fourth-order valence-electron chi connectivity index (χ4n) is 2.16. The highest BCUT2D eigenvalue weighted by atomic mass is 35.5. The third-order valence-electron chi connectivity index (χ3n) is 3.16. The van der Waals surface area contributed by atoms with Crippen LogP contribution in [0.3, 0.4) is 0 Å². The first kappa shape index (κ1) is 14.8. The number of halogens is 2. The first-order chi connectivity index (χ1) is 9.58. The molecule has 108 valence electrons. The number of imidazole rings is 1. The van der Waals surface area contributed by atoms with Gasteiger partial charge in [-0.05, 0) is 25.5 Å². The summed E-state index contributed by atoms with van der Waals surface area (Å²) in [4.78, 5) is 16.4. The zero-order valence-electron chi connectivity index (χ0n) is 11.5. The standard InChI is InChI=1S/C14H17ClFN3O/c1-3-6-17-14(20)9(2)19-12-5-4-10(16)7-11(12)18-13(19)8-15/h4-5,7,9H,3,6,8H2,1-2H3,(H,17,20). The molecule has 2 aromatic rings. The maximum atomic E-state index is 13.2. The Morgan fingerprint density at radius 2 is 2.30 bits per heavy atom.